The van der Waals surface area contributed by atoms with E-state index in [0.29, 0.717) is 0 Å². The maximum absolute atomic E-state index is 8.67. The molecule has 0 aliphatic carbocycles. The van der Waals surface area contributed by atoms with Crippen molar-refractivity contribution < 1.29 is 23.1 Å². The van der Waals surface area contributed by atoms with Crippen molar-refractivity contribution in [2.45, 2.75) is 39.6 Å². The molecule has 0 amide bonds. The second-order valence-corrected chi connectivity index (χ2v) is 17.0. The second kappa shape index (κ2) is 8.12. The summed E-state index contributed by atoms with van der Waals surface area (Å²) in [5.74, 6) is 0. The van der Waals surface area contributed by atoms with Crippen LogP contribution < -0.4 is 0 Å². The number of ether oxygens (including phenoxy) is 1. The summed E-state index contributed by atoms with van der Waals surface area (Å²) in [6, 6.07) is 0. The van der Waals surface area contributed by atoms with Gasteiger partial charge in [-0.3, -0.25) is 0 Å². The molecule has 0 aromatic carbocycles. The van der Waals surface area contributed by atoms with Crippen LogP contribution in [-0.2, 0) is 17.9 Å². The first-order valence-electron chi connectivity index (χ1n) is 3.31. The van der Waals surface area contributed by atoms with Crippen molar-refractivity contribution in [3.05, 3.63) is 0 Å². The molecule has 0 heterocycles. The van der Waals surface area contributed by atoms with Gasteiger partial charge in [-0.1, -0.05) is 0 Å². The Balaban J connectivity index is 0. The molecule has 2 nitrogen and oxygen atoms in total. The van der Waals surface area contributed by atoms with Crippen LogP contribution in [0, 0.1) is 0 Å². The van der Waals surface area contributed by atoms with E-state index < -0.39 is 6.29 Å². The molecule has 1 atom stereocenters. The van der Waals surface area contributed by atoms with Crippen molar-refractivity contribution in [1.82, 2.24) is 0 Å². The Hall–Kier alpha value is 1.50. The molecule has 0 aliphatic rings. The molecule has 1 N–H and O–H groups in total. The summed E-state index contributed by atoms with van der Waals surface area (Å²) in [4.78, 5) is 0. The topological polar surface area (TPSA) is 29.5 Å². The number of hydrogen-bond acceptors (Lipinski definition) is 2. The molecule has 0 saturated carbocycles. The van der Waals surface area contributed by atoms with E-state index in [2.05, 4.69) is 27.2 Å². The van der Waals surface area contributed by atoms with E-state index in [-0.39, 0.29) is 18.8 Å². The van der Waals surface area contributed by atoms with Gasteiger partial charge < -0.3 is 9.84 Å². The number of rotatable bonds is 1. The third-order valence-corrected chi connectivity index (χ3v) is 0.524. The molecule has 0 radical (unpaired) electrons. The predicted octanol–water partition coefficient (Wildman–Crippen LogP) is 2.83. The van der Waals surface area contributed by atoms with Crippen LogP contribution in [0.15, 0.2) is 0 Å². The van der Waals surface area contributed by atoms with E-state index in [4.69, 9.17) is 9.84 Å². The Morgan fingerprint density at radius 1 is 1.36 bits per heavy atom. The Labute approximate surface area is 89.4 Å². The van der Waals surface area contributed by atoms with Crippen LogP contribution in [0.1, 0.15) is 27.7 Å². The fourth-order valence-electron chi connectivity index (χ4n) is 0.512. The van der Waals surface area contributed by atoms with Gasteiger partial charge in [-0.15, -0.1) is 0 Å². The van der Waals surface area contributed by atoms with Gasteiger partial charge in [0, 0.05) is 0 Å². The van der Waals surface area contributed by atoms with Gasteiger partial charge in [0.25, 0.3) is 0 Å². The normalized spacial score (nSPS) is 12.6. The van der Waals surface area contributed by atoms with Gasteiger partial charge in [0.05, 0.1) is 5.60 Å². The van der Waals surface area contributed by atoms with Crippen LogP contribution in [-0.4, -0.2) is 17.0 Å². The zero-order valence-corrected chi connectivity index (χ0v) is 13.5. The molecule has 66 valence electrons. The summed E-state index contributed by atoms with van der Waals surface area (Å²) in [5.41, 5.74) is -0.228. The van der Waals surface area contributed by atoms with Crippen LogP contribution in [0.4, 0.5) is 0 Å². The fraction of sp³-hybridized carbons (Fsp3) is 1.00. The Morgan fingerprint density at radius 2 is 1.64 bits per heavy atom. The van der Waals surface area contributed by atoms with E-state index in [1.165, 1.54) is 0 Å². The van der Waals surface area contributed by atoms with Crippen LogP contribution in [0.5, 0.6) is 0 Å². The number of halogens is 2. The van der Waals surface area contributed by atoms with Crippen molar-refractivity contribution in [3.63, 3.8) is 0 Å². The molecule has 0 spiro atoms. The Kier molecular flexibility index (Phi) is 11.1. The maximum atomic E-state index is 8.67. The fourth-order valence-corrected chi connectivity index (χ4v) is 0.512. The Morgan fingerprint density at radius 3 is 1.64 bits per heavy atom. The zero-order valence-electron chi connectivity index (χ0n) is 7.40. The van der Waals surface area contributed by atoms with Crippen molar-refractivity contribution >= 4 is 27.2 Å². The van der Waals surface area contributed by atoms with Gasteiger partial charge in [0.2, 0.25) is 0 Å². The van der Waals surface area contributed by atoms with Crippen molar-refractivity contribution in [3.8, 4) is 0 Å². The SMILES string of the molecule is CC(O)OC(C)(C)C.[Br][Zn][Br]. The van der Waals surface area contributed by atoms with E-state index >= 15 is 0 Å². The summed E-state index contributed by atoms with van der Waals surface area (Å²) in [7, 11) is 0. The van der Waals surface area contributed by atoms with Crippen molar-refractivity contribution in [1.29, 1.82) is 0 Å². The third-order valence-electron chi connectivity index (χ3n) is 0.524. The predicted molar refractivity (Wildman–Crippen MR) is 50.4 cm³/mol. The standard InChI is InChI=1S/C6H14O2.2BrH.Zn/c1-5(7)8-6(2,3)4;;;/h5,7H,1-4H3;2*1H;/q;;;+2/p-2. The van der Waals surface area contributed by atoms with Crippen molar-refractivity contribution in [2.75, 3.05) is 0 Å². The summed E-state index contributed by atoms with van der Waals surface area (Å²) in [6.45, 7) is 7.31. The molecule has 5 heteroatoms. The van der Waals surface area contributed by atoms with Gasteiger partial charge >= 0.3 is 40.5 Å². The first-order valence-corrected chi connectivity index (χ1v) is 17.2. The van der Waals surface area contributed by atoms with Gasteiger partial charge in [-0.25, -0.2) is 0 Å². The third kappa shape index (κ3) is 24.6. The van der Waals surface area contributed by atoms with E-state index in [1.807, 2.05) is 20.8 Å². The van der Waals surface area contributed by atoms with E-state index in [9.17, 15) is 0 Å². The molecule has 0 saturated heterocycles. The average molecular weight is 343 g/mol. The molecule has 0 aliphatic heterocycles. The van der Waals surface area contributed by atoms with Gasteiger partial charge in [-0.2, -0.15) is 0 Å². The van der Waals surface area contributed by atoms with Crippen LogP contribution in [0.2, 0.25) is 0 Å². The monoisotopic (exact) mass is 340 g/mol. The number of hydrogen-bond donors (Lipinski definition) is 1. The minimum atomic E-state index is -0.657. The summed E-state index contributed by atoms with van der Waals surface area (Å²) < 4.78 is 4.99. The molecule has 11 heavy (non-hydrogen) atoms. The molecule has 0 aromatic heterocycles. The van der Waals surface area contributed by atoms with Gasteiger partial charge in [-0.05, 0) is 27.7 Å². The van der Waals surface area contributed by atoms with Gasteiger partial charge in [0.1, 0.15) is 0 Å². The molecule has 0 bridgehead atoms. The first-order chi connectivity index (χ1) is 4.83. The van der Waals surface area contributed by atoms with Gasteiger partial charge in [0.15, 0.2) is 6.29 Å². The number of aliphatic hydroxyl groups excluding tert-OH is 1. The molecular formula is C6H14Br2O2Zn. The van der Waals surface area contributed by atoms with Crippen LogP contribution in [0.3, 0.4) is 0 Å². The summed E-state index contributed by atoms with van der Waals surface area (Å²) in [5, 5.41) is 8.67. The minimum absolute atomic E-state index is 0.228. The molecule has 0 fully saturated rings. The zero-order chi connectivity index (χ0) is 9.49. The first kappa shape index (κ1) is 15.0. The molecule has 0 rings (SSSR count). The molecule has 0 aromatic rings. The Bertz CT molecular complexity index is 83.1. The second-order valence-electron chi connectivity index (χ2n) is 2.93. The van der Waals surface area contributed by atoms with E-state index in [0.717, 1.165) is 0 Å². The van der Waals surface area contributed by atoms with Crippen LogP contribution in [0.25, 0.3) is 0 Å². The number of aliphatic hydroxyl groups is 1. The summed E-state index contributed by atoms with van der Waals surface area (Å²) >= 11 is 6.25. The molecular weight excluding hydrogens is 329 g/mol. The average Bonchev–Trinajstić information content (AvgIpc) is 1.57. The quantitative estimate of drug-likeness (QED) is 0.586. The van der Waals surface area contributed by atoms with Crippen molar-refractivity contribution in [2.24, 2.45) is 0 Å². The molecule has 1 unspecified atom stereocenters. The van der Waals surface area contributed by atoms with Crippen LogP contribution >= 0.6 is 27.2 Å². The summed E-state index contributed by atoms with van der Waals surface area (Å²) in [6.07, 6.45) is -0.657. The van der Waals surface area contributed by atoms with E-state index in [1.54, 1.807) is 6.92 Å².